The molecule has 0 atom stereocenters. The van der Waals surface area contributed by atoms with Crippen molar-refractivity contribution < 1.29 is 4.42 Å². The molecule has 0 N–H and O–H groups in total. The molecule has 0 unspecified atom stereocenters. The first-order valence-corrected chi connectivity index (χ1v) is 19.4. The summed E-state index contributed by atoms with van der Waals surface area (Å²) in [5.41, 5.74) is 13.8. The highest BCUT2D eigenvalue weighted by molar-refractivity contribution is 7.20. The number of benzene rings is 7. The Hall–Kier alpha value is -6.75. The minimum absolute atomic E-state index is 0.527. The van der Waals surface area contributed by atoms with Crippen LogP contribution in [-0.2, 0) is 5.41 Å². The summed E-state index contributed by atoms with van der Waals surface area (Å²) in [6.07, 6.45) is 6.27. The van der Waals surface area contributed by atoms with Gasteiger partial charge in [0.1, 0.15) is 5.52 Å². The number of aromatic nitrogens is 1. The Morgan fingerprint density at radius 1 is 0.655 bits per heavy atom. The van der Waals surface area contributed by atoms with Crippen LogP contribution in [0.15, 0.2) is 187 Å². The Labute approximate surface area is 324 Å². The van der Waals surface area contributed by atoms with Gasteiger partial charge in [0.2, 0.25) is 5.89 Å². The molecule has 2 aromatic heterocycles. The Bertz CT molecular complexity index is 2860. The molecular weight excluding hydrogens is 689 g/mol. The minimum Gasteiger partial charge on any atom is -0.436 e. The van der Waals surface area contributed by atoms with Gasteiger partial charge in [-0.05, 0) is 88.8 Å². The van der Waals surface area contributed by atoms with E-state index in [2.05, 4.69) is 164 Å². The van der Waals surface area contributed by atoms with Gasteiger partial charge in [0, 0.05) is 32.8 Å². The fourth-order valence-corrected chi connectivity index (χ4v) is 9.71. The van der Waals surface area contributed by atoms with Gasteiger partial charge in [0.15, 0.2) is 5.58 Å². The number of oxazole rings is 1. The number of thiophene rings is 1. The molecule has 1 aliphatic rings. The summed E-state index contributed by atoms with van der Waals surface area (Å²) in [7, 11) is 0. The summed E-state index contributed by atoms with van der Waals surface area (Å²) in [6, 6.07) is 60.9. The first-order valence-electron chi connectivity index (χ1n) is 18.6. The zero-order valence-electron chi connectivity index (χ0n) is 30.3. The number of fused-ring (bicyclic) bond motifs is 5. The SMILES string of the molecule is C=Cc1sc2c(N(c3ccc4c(c3)C(c3ccccc3)(c3ccccc3)c3ccccc3-4)c3ccc4oc(-c5ccccc5)nc4c3)cccc2c1/C=C\C. The number of nitrogens with zero attached hydrogens (tertiary/aromatic N) is 2. The molecule has 0 radical (unpaired) electrons. The van der Waals surface area contributed by atoms with Crippen LogP contribution in [0.3, 0.4) is 0 Å². The Morgan fingerprint density at radius 3 is 2.04 bits per heavy atom. The smallest absolute Gasteiger partial charge is 0.227 e. The molecule has 2 heterocycles. The highest BCUT2D eigenvalue weighted by Crippen LogP contribution is 2.57. The quantitative estimate of drug-likeness (QED) is 0.156. The second-order valence-electron chi connectivity index (χ2n) is 13.9. The lowest BCUT2D eigenvalue weighted by Crippen LogP contribution is -2.28. The molecule has 3 nitrogen and oxygen atoms in total. The van der Waals surface area contributed by atoms with E-state index in [-0.39, 0.29) is 0 Å². The van der Waals surface area contributed by atoms with Crippen molar-refractivity contribution in [1.29, 1.82) is 0 Å². The molecule has 10 rings (SSSR count). The van der Waals surface area contributed by atoms with Crippen LogP contribution in [0.5, 0.6) is 0 Å². The van der Waals surface area contributed by atoms with Crippen LogP contribution in [0.4, 0.5) is 17.1 Å². The molecule has 0 spiro atoms. The summed E-state index contributed by atoms with van der Waals surface area (Å²) in [4.78, 5) is 8.55. The third-order valence-electron chi connectivity index (χ3n) is 10.9. The Balaban J connectivity index is 1.26. The van der Waals surface area contributed by atoms with Gasteiger partial charge in [0.05, 0.1) is 15.8 Å². The molecule has 0 aliphatic heterocycles. The normalized spacial score (nSPS) is 13.0. The van der Waals surface area contributed by atoms with Crippen molar-refractivity contribution in [2.24, 2.45) is 0 Å². The van der Waals surface area contributed by atoms with Crippen LogP contribution < -0.4 is 4.90 Å². The standard InChI is InChI=1S/C51H36N2OS/c1-3-17-41-42-25-16-27-46(49(42)55-48(41)4-2)53(38-29-31-47-45(33-38)52-50(54-47)34-18-8-5-9-19-34)37-28-30-40-39-24-14-15-26-43(39)51(44(40)32-37,35-20-10-6-11-21-35)36-22-12-7-13-23-36/h3-33H,2H2,1H3/b17-3-. The largest absolute Gasteiger partial charge is 0.436 e. The summed E-state index contributed by atoms with van der Waals surface area (Å²) in [5.74, 6) is 0.608. The third-order valence-corrected chi connectivity index (χ3v) is 12.1. The van der Waals surface area contributed by atoms with Crippen molar-refractivity contribution >= 4 is 61.7 Å². The fourth-order valence-electron chi connectivity index (χ4n) is 8.57. The maximum atomic E-state index is 6.31. The molecule has 0 amide bonds. The lowest BCUT2D eigenvalue weighted by molar-refractivity contribution is 0.620. The van der Waals surface area contributed by atoms with Crippen LogP contribution in [0.1, 0.15) is 39.6 Å². The first-order chi connectivity index (χ1) is 27.2. The van der Waals surface area contributed by atoms with Crippen LogP contribution >= 0.6 is 11.3 Å². The van der Waals surface area contributed by atoms with Crippen LogP contribution in [0.2, 0.25) is 0 Å². The Kier molecular flexibility index (Phi) is 7.93. The summed E-state index contributed by atoms with van der Waals surface area (Å²) in [5, 5.41) is 1.20. The molecule has 0 bridgehead atoms. The second-order valence-corrected chi connectivity index (χ2v) is 14.9. The van der Waals surface area contributed by atoms with E-state index >= 15 is 0 Å². The molecular formula is C51H36N2OS. The van der Waals surface area contributed by atoms with Crippen molar-refractivity contribution in [3.05, 3.63) is 215 Å². The van der Waals surface area contributed by atoms with Gasteiger partial charge < -0.3 is 9.32 Å². The zero-order chi connectivity index (χ0) is 36.9. The summed E-state index contributed by atoms with van der Waals surface area (Å²) >= 11 is 1.78. The first kappa shape index (κ1) is 32.9. The van der Waals surface area contributed by atoms with Gasteiger partial charge in [0.25, 0.3) is 0 Å². The van der Waals surface area contributed by atoms with E-state index in [9.17, 15) is 0 Å². The van der Waals surface area contributed by atoms with E-state index < -0.39 is 5.41 Å². The van der Waals surface area contributed by atoms with Crippen molar-refractivity contribution in [3.8, 4) is 22.6 Å². The van der Waals surface area contributed by atoms with Crippen LogP contribution in [0, 0.1) is 0 Å². The fraction of sp³-hybridized carbons (Fsp3) is 0.0392. The van der Waals surface area contributed by atoms with Gasteiger partial charge in [-0.25, -0.2) is 4.98 Å². The maximum absolute atomic E-state index is 6.31. The van der Waals surface area contributed by atoms with E-state index in [1.807, 2.05) is 42.5 Å². The van der Waals surface area contributed by atoms with Gasteiger partial charge in [-0.1, -0.05) is 146 Å². The topological polar surface area (TPSA) is 29.3 Å². The van der Waals surface area contributed by atoms with Gasteiger partial charge in [-0.15, -0.1) is 11.3 Å². The second kappa shape index (κ2) is 13.3. The average molecular weight is 725 g/mol. The molecule has 0 fully saturated rings. The lowest BCUT2D eigenvalue weighted by Gasteiger charge is -2.35. The molecule has 4 heteroatoms. The average Bonchev–Trinajstić information content (AvgIpc) is 3.93. The minimum atomic E-state index is -0.527. The maximum Gasteiger partial charge on any atom is 0.227 e. The molecule has 262 valence electrons. The van der Waals surface area contributed by atoms with Crippen LogP contribution in [0.25, 0.3) is 55.9 Å². The Morgan fingerprint density at radius 2 is 1.31 bits per heavy atom. The molecule has 9 aromatic rings. The van der Waals surface area contributed by atoms with Crippen molar-refractivity contribution in [3.63, 3.8) is 0 Å². The monoisotopic (exact) mass is 724 g/mol. The predicted molar refractivity (Wildman–Crippen MR) is 232 cm³/mol. The zero-order valence-corrected chi connectivity index (χ0v) is 31.1. The highest BCUT2D eigenvalue weighted by atomic mass is 32.1. The third kappa shape index (κ3) is 5.14. The number of anilines is 3. The summed E-state index contributed by atoms with van der Waals surface area (Å²) in [6.45, 7) is 6.27. The van der Waals surface area contributed by atoms with E-state index in [0.717, 1.165) is 38.6 Å². The predicted octanol–water partition coefficient (Wildman–Crippen LogP) is 14.2. The van der Waals surface area contributed by atoms with Crippen molar-refractivity contribution in [2.75, 3.05) is 4.90 Å². The lowest BCUT2D eigenvalue weighted by atomic mass is 9.67. The van der Waals surface area contributed by atoms with E-state index in [4.69, 9.17) is 9.40 Å². The number of hydrogen-bond donors (Lipinski definition) is 0. The molecule has 0 saturated carbocycles. The highest BCUT2D eigenvalue weighted by Gasteiger charge is 2.46. The van der Waals surface area contributed by atoms with Crippen molar-refractivity contribution in [1.82, 2.24) is 4.98 Å². The molecule has 7 aromatic carbocycles. The van der Waals surface area contributed by atoms with E-state index in [1.165, 1.54) is 49.0 Å². The van der Waals surface area contributed by atoms with E-state index in [1.54, 1.807) is 11.3 Å². The van der Waals surface area contributed by atoms with Crippen LogP contribution in [-0.4, -0.2) is 4.98 Å². The number of rotatable bonds is 8. The molecule has 55 heavy (non-hydrogen) atoms. The van der Waals surface area contributed by atoms with Gasteiger partial charge in [-0.3, -0.25) is 0 Å². The molecule has 0 saturated heterocycles. The number of hydrogen-bond acceptors (Lipinski definition) is 4. The summed E-state index contributed by atoms with van der Waals surface area (Å²) < 4.78 is 7.50. The molecule has 1 aliphatic carbocycles. The van der Waals surface area contributed by atoms with Crippen molar-refractivity contribution in [2.45, 2.75) is 12.3 Å². The van der Waals surface area contributed by atoms with E-state index in [0.29, 0.717) is 5.89 Å². The van der Waals surface area contributed by atoms with Gasteiger partial charge in [-0.2, -0.15) is 0 Å². The number of allylic oxidation sites excluding steroid dienone is 1. The van der Waals surface area contributed by atoms with Gasteiger partial charge >= 0.3 is 0 Å².